The van der Waals surface area contributed by atoms with Crippen LogP contribution in [0.25, 0.3) is 22.2 Å². The average Bonchev–Trinajstić information content (AvgIpc) is 2.78. The molecular formula is C23H27N3O6. The normalized spacial score (nSPS) is 11.1. The summed E-state index contributed by atoms with van der Waals surface area (Å²) in [6.45, 7) is 5.73. The first-order valence-corrected chi connectivity index (χ1v) is 10.1. The molecule has 0 saturated carbocycles. The number of methoxy groups -OCH3 is 2. The number of aromatic nitrogens is 3. The molecule has 0 amide bonds. The fraction of sp³-hybridized carbons (Fsp3) is 0.391. The topological polar surface area (TPSA) is 102 Å². The largest absolute Gasteiger partial charge is 0.493 e. The number of carbonyl (C=O) groups is 1. The van der Waals surface area contributed by atoms with E-state index in [0.717, 1.165) is 4.57 Å². The van der Waals surface area contributed by atoms with E-state index < -0.39 is 17.2 Å². The van der Waals surface area contributed by atoms with E-state index in [1.165, 1.54) is 32.9 Å². The Kier molecular flexibility index (Phi) is 6.38. The average molecular weight is 441 g/mol. The summed E-state index contributed by atoms with van der Waals surface area (Å²) >= 11 is 0. The van der Waals surface area contributed by atoms with Gasteiger partial charge in [-0.3, -0.25) is 13.9 Å². The molecule has 3 aromatic rings. The lowest BCUT2D eigenvalue weighted by Gasteiger charge is -2.18. The monoisotopic (exact) mass is 441 g/mol. The zero-order valence-electron chi connectivity index (χ0n) is 19.3. The Morgan fingerprint density at radius 1 is 1.06 bits per heavy atom. The van der Waals surface area contributed by atoms with Gasteiger partial charge in [0, 0.05) is 19.7 Å². The highest BCUT2D eigenvalue weighted by atomic mass is 16.5. The summed E-state index contributed by atoms with van der Waals surface area (Å²) < 4.78 is 18.5. The molecule has 1 aromatic carbocycles. The van der Waals surface area contributed by atoms with Gasteiger partial charge in [0.25, 0.3) is 5.56 Å². The maximum absolute atomic E-state index is 13.2. The lowest BCUT2D eigenvalue weighted by Crippen LogP contribution is -2.38. The highest BCUT2D eigenvalue weighted by molar-refractivity contribution is 6.07. The van der Waals surface area contributed by atoms with Gasteiger partial charge in [-0.05, 0) is 30.5 Å². The third-order valence-corrected chi connectivity index (χ3v) is 5.19. The quantitative estimate of drug-likeness (QED) is 0.542. The maximum atomic E-state index is 13.2. The van der Waals surface area contributed by atoms with Gasteiger partial charge in [0.1, 0.15) is 5.65 Å². The Labute approximate surface area is 185 Å². The van der Waals surface area contributed by atoms with E-state index in [1.807, 2.05) is 13.8 Å². The molecule has 2 aromatic heterocycles. The van der Waals surface area contributed by atoms with Crippen LogP contribution in [0.3, 0.4) is 0 Å². The van der Waals surface area contributed by atoms with Crippen LogP contribution in [0.15, 0.2) is 27.8 Å². The number of hydrogen-bond donors (Lipinski definition) is 0. The Morgan fingerprint density at radius 3 is 2.31 bits per heavy atom. The standard InChI is InChI=1S/C23H27N3O6/c1-12(2)11-32-22(28)17-13(3)24-20-19(21(27)26(5)23(29)25(20)4)18(17)14-8-9-15(30-6)16(10-14)31-7/h8-10,12H,11H2,1-7H3. The molecule has 0 fully saturated rings. The number of ether oxygens (including phenoxy) is 3. The molecule has 0 aliphatic rings. The van der Waals surface area contributed by atoms with Crippen LogP contribution < -0.4 is 20.7 Å². The van der Waals surface area contributed by atoms with Gasteiger partial charge in [-0.2, -0.15) is 0 Å². The zero-order valence-corrected chi connectivity index (χ0v) is 19.3. The Morgan fingerprint density at radius 2 is 1.72 bits per heavy atom. The number of benzene rings is 1. The lowest BCUT2D eigenvalue weighted by molar-refractivity contribution is 0.0458. The van der Waals surface area contributed by atoms with Gasteiger partial charge in [0.05, 0.1) is 37.5 Å². The van der Waals surface area contributed by atoms with Crippen LogP contribution in [0, 0.1) is 12.8 Å². The van der Waals surface area contributed by atoms with E-state index in [1.54, 1.807) is 25.1 Å². The number of esters is 1. The van der Waals surface area contributed by atoms with Crippen molar-refractivity contribution in [1.29, 1.82) is 0 Å². The molecule has 0 unspecified atom stereocenters. The minimum Gasteiger partial charge on any atom is -0.493 e. The number of pyridine rings is 1. The Balaban J connectivity index is 2.49. The minimum absolute atomic E-state index is 0.130. The first kappa shape index (κ1) is 23.1. The van der Waals surface area contributed by atoms with Gasteiger partial charge in [0.15, 0.2) is 11.5 Å². The van der Waals surface area contributed by atoms with Crippen molar-refractivity contribution >= 4 is 17.0 Å². The number of hydrogen-bond acceptors (Lipinski definition) is 7. The molecule has 0 spiro atoms. The van der Waals surface area contributed by atoms with Crippen molar-refractivity contribution in [2.24, 2.45) is 20.0 Å². The number of aryl methyl sites for hydroxylation is 2. The van der Waals surface area contributed by atoms with Crippen molar-refractivity contribution in [3.8, 4) is 22.6 Å². The van der Waals surface area contributed by atoms with E-state index in [4.69, 9.17) is 14.2 Å². The molecule has 32 heavy (non-hydrogen) atoms. The van der Waals surface area contributed by atoms with Gasteiger partial charge in [0.2, 0.25) is 0 Å². The van der Waals surface area contributed by atoms with Gasteiger partial charge >= 0.3 is 11.7 Å². The van der Waals surface area contributed by atoms with E-state index >= 15 is 0 Å². The van der Waals surface area contributed by atoms with Gasteiger partial charge in [-0.15, -0.1) is 0 Å². The summed E-state index contributed by atoms with van der Waals surface area (Å²) in [7, 11) is 5.94. The number of rotatable bonds is 6. The first-order valence-electron chi connectivity index (χ1n) is 10.1. The second-order valence-corrected chi connectivity index (χ2v) is 7.91. The van der Waals surface area contributed by atoms with Crippen LogP contribution in [0.4, 0.5) is 0 Å². The first-order chi connectivity index (χ1) is 15.1. The third kappa shape index (κ3) is 3.86. The lowest BCUT2D eigenvalue weighted by atomic mass is 9.95. The van der Waals surface area contributed by atoms with Gasteiger partial charge < -0.3 is 14.2 Å². The molecule has 170 valence electrons. The summed E-state index contributed by atoms with van der Waals surface area (Å²) in [5.41, 5.74) is 0.492. The predicted octanol–water partition coefficient (Wildman–Crippen LogP) is 2.44. The number of nitrogens with zero attached hydrogens (tertiary/aromatic N) is 3. The number of fused-ring (bicyclic) bond motifs is 1. The fourth-order valence-electron chi connectivity index (χ4n) is 3.55. The van der Waals surface area contributed by atoms with Gasteiger partial charge in [-0.1, -0.05) is 19.9 Å². The van der Waals surface area contributed by atoms with Crippen LogP contribution >= 0.6 is 0 Å². The molecule has 0 aliphatic carbocycles. The molecular weight excluding hydrogens is 414 g/mol. The summed E-state index contributed by atoms with van der Waals surface area (Å²) in [5.74, 6) is 0.462. The molecule has 0 N–H and O–H groups in total. The van der Waals surface area contributed by atoms with E-state index in [2.05, 4.69) is 4.98 Å². The minimum atomic E-state index is -0.591. The molecule has 0 aliphatic heterocycles. The zero-order chi connectivity index (χ0) is 23.7. The number of carbonyl (C=O) groups excluding carboxylic acids is 1. The highest BCUT2D eigenvalue weighted by Crippen LogP contribution is 2.37. The van der Waals surface area contributed by atoms with Crippen molar-refractivity contribution < 1.29 is 19.0 Å². The van der Waals surface area contributed by atoms with Gasteiger partial charge in [-0.25, -0.2) is 14.6 Å². The second-order valence-electron chi connectivity index (χ2n) is 7.91. The maximum Gasteiger partial charge on any atom is 0.340 e. The van der Waals surface area contributed by atoms with Crippen molar-refractivity contribution in [2.45, 2.75) is 20.8 Å². The van der Waals surface area contributed by atoms with E-state index in [0.29, 0.717) is 28.3 Å². The SMILES string of the molecule is COc1ccc(-c2c(C(=O)OCC(C)C)c(C)nc3c2c(=O)n(C)c(=O)n3C)cc1OC. The summed E-state index contributed by atoms with van der Waals surface area (Å²) in [4.78, 5) is 43.3. The molecule has 0 bridgehead atoms. The molecule has 9 heteroatoms. The molecule has 3 rings (SSSR count). The molecule has 2 heterocycles. The molecule has 0 atom stereocenters. The fourth-order valence-corrected chi connectivity index (χ4v) is 3.55. The summed E-state index contributed by atoms with van der Waals surface area (Å²) in [6.07, 6.45) is 0. The van der Waals surface area contributed by atoms with Crippen LogP contribution in [0.5, 0.6) is 11.5 Å². The summed E-state index contributed by atoms with van der Waals surface area (Å²) in [6, 6.07) is 5.08. The molecule has 9 nitrogen and oxygen atoms in total. The Hall–Kier alpha value is -3.62. The van der Waals surface area contributed by atoms with E-state index in [-0.39, 0.29) is 29.1 Å². The summed E-state index contributed by atoms with van der Waals surface area (Å²) in [5, 5.41) is 0.143. The molecule has 0 saturated heterocycles. The Bertz CT molecular complexity index is 1320. The van der Waals surface area contributed by atoms with Crippen molar-refractivity contribution in [3.05, 3.63) is 50.3 Å². The third-order valence-electron chi connectivity index (χ3n) is 5.19. The van der Waals surface area contributed by atoms with Crippen LogP contribution in [-0.4, -0.2) is 40.9 Å². The van der Waals surface area contributed by atoms with Crippen LogP contribution in [0.1, 0.15) is 29.9 Å². The van der Waals surface area contributed by atoms with Crippen LogP contribution in [0.2, 0.25) is 0 Å². The van der Waals surface area contributed by atoms with Crippen molar-refractivity contribution in [2.75, 3.05) is 20.8 Å². The highest BCUT2D eigenvalue weighted by Gasteiger charge is 2.26. The predicted molar refractivity (Wildman–Crippen MR) is 121 cm³/mol. The van der Waals surface area contributed by atoms with Crippen molar-refractivity contribution in [3.63, 3.8) is 0 Å². The van der Waals surface area contributed by atoms with Crippen molar-refractivity contribution in [1.82, 2.24) is 14.1 Å². The molecule has 0 radical (unpaired) electrons. The smallest absolute Gasteiger partial charge is 0.340 e. The van der Waals surface area contributed by atoms with E-state index in [9.17, 15) is 14.4 Å². The van der Waals surface area contributed by atoms with Crippen LogP contribution in [-0.2, 0) is 18.8 Å². The second kappa shape index (κ2) is 8.86.